The zero-order valence-electron chi connectivity index (χ0n) is 14.4. The first-order valence-corrected chi connectivity index (χ1v) is 7.59. The fourth-order valence-corrected chi connectivity index (χ4v) is 2.28. The van der Waals surface area contributed by atoms with E-state index in [1.807, 2.05) is 0 Å². The molecule has 0 heterocycles. The molecule has 132 valence electrons. The van der Waals surface area contributed by atoms with Gasteiger partial charge in [0.25, 0.3) is 0 Å². The van der Waals surface area contributed by atoms with Crippen LogP contribution in [0.3, 0.4) is 0 Å². The predicted molar refractivity (Wildman–Crippen MR) is 87.8 cm³/mol. The summed E-state index contributed by atoms with van der Waals surface area (Å²) in [4.78, 5) is 31.3. The molecule has 0 aliphatic heterocycles. The second kappa shape index (κ2) is 9.11. The molecule has 1 fully saturated rings. The van der Waals surface area contributed by atoms with Gasteiger partial charge in [-0.3, -0.25) is 4.89 Å². The zero-order chi connectivity index (χ0) is 18.2. The summed E-state index contributed by atoms with van der Waals surface area (Å²) in [6.07, 6.45) is 3.26. The lowest BCUT2D eigenvalue weighted by Crippen LogP contribution is -2.40. The van der Waals surface area contributed by atoms with Gasteiger partial charge in [0.2, 0.25) is 0 Å². The number of allylic oxidation sites excluding steroid dienone is 1. The molecule has 0 N–H and O–H groups in total. The summed E-state index contributed by atoms with van der Waals surface area (Å²) in [7, 11) is 1.27. The van der Waals surface area contributed by atoms with Crippen LogP contribution in [0.2, 0.25) is 0 Å². The quantitative estimate of drug-likeness (QED) is 0.169. The summed E-state index contributed by atoms with van der Waals surface area (Å²) in [5.41, 5.74) is 4.67. The molecule has 1 saturated carbocycles. The molecule has 0 aromatic rings. The van der Waals surface area contributed by atoms with Crippen LogP contribution < -0.4 is 0 Å². The van der Waals surface area contributed by atoms with E-state index in [1.54, 1.807) is 6.08 Å². The first-order valence-electron chi connectivity index (χ1n) is 7.59. The first-order chi connectivity index (χ1) is 11.3. The predicted octanol–water partition coefficient (Wildman–Crippen LogP) is 3.50. The largest absolute Gasteiger partial charge is 0.508 e. The van der Waals surface area contributed by atoms with E-state index in [0.717, 1.165) is 12.0 Å². The molecule has 1 unspecified atom stereocenters. The van der Waals surface area contributed by atoms with Crippen LogP contribution >= 0.6 is 0 Å². The smallest absolute Gasteiger partial charge is 0.434 e. The van der Waals surface area contributed by atoms with Crippen molar-refractivity contribution < 1.29 is 28.8 Å². The van der Waals surface area contributed by atoms with Crippen LogP contribution in [0.5, 0.6) is 0 Å². The van der Waals surface area contributed by atoms with Crippen molar-refractivity contribution in [2.24, 2.45) is 11.3 Å². The molecule has 0 aromatic carbocycles. The first kappa shape index (κ1) is 19.7. The highest BCUT2D eigenvalue weighted by atomic mass is 17.2. The summed E-state index contributed by atoms with van der Waals surface area (Å²) in [5.74, 6) is -0.320. The number of carbonyl (C=O) groups excluding carboxylic acids is 2. The Labute approximate surface area is 142 Å². The third kappa shape index (κ3) is 5.72. The number of carbonyl (C=O) groups is 2. The normalized spacial score (nSPS) is 17.8. The summed E-state index contributed by atoms with van der Waals surface area (Å²) >= 11 is 0. The molecular weight excluding hydrogens is 312 g/mol. The average molecular weight is 336 g/mol. The van der Waals surface area contributed by atoms with Gasteiger partial charge in [0.15, 0.2) is 0 Å². The van der Waals surface area contributed by atoms with Crippen LogP contribution in [0.1, 0.15) is 26.7 Å². The molecule has 0 amide bonds. The van der Waals surface area contributed by atoms with Crippen molar-refractivity contribution >= 4 is 12.1 Å². The number of ether oxygens (including phenoxy) is 2. The summed E-state index contributed by atoms with van der Waals surface area (Å²) in [6.45, 7) is 11.8. The Balaban J connectivity index is 2.51. The average Bonchev–Trinajstić information content (AvgIpc) is 2.51. The van der Waals surface area contributed by atoms with Gasteiger partial charge < -0.3 is 9.47 Å². The van der Waals surface area contributed by atoms with Gasteiger partial charge in [-0.25, -0.2) is 9.59 Å². The molecule has 0 saturated heterocycles. The van der Waals surface area contributed by atoms with E-state index in [4.69, 9.17) is 9.47 Å². The standard InChI is InChI=1S/C18H24O6/c1-6-9-22-17(20)23-12-15-11-14(18(15,3)4)8-7-13(2)10-16(19)24-21-5/h6-7,15H,1-2,9-12H2,3-5H3. The van der Waals surface area contributed by atoms with Crippen LogP contribution in [-0.4, -0.2) is 32.4 Å². The van der Waals surface area contributed by atoms with E-state index in [9.17, 15) is 9.59 Å². The number of hydrogen-bond donors (Lipinski definition) is 0. The Morgan fingerprint density at radius 1 is 1.38 bits per heavy atom. The van der Waals surface area contributed by atoms with Crippen LogP contribution in [0.15, 0.2) is 42.2 Å². The highest BCUT2D eigenvalue weighted by Gasteiger charge is 2.44. The van der Waals surface area contributed by atoms with E-state index in [2.05, 4.69) is 42.5 Å². The van der Waals surface area contributed by atoms with Crippen molar-refractivity contribution in [2.45, 2.75) is 26.7 Å². The summed E-state index contributed by atoms with van der Waals surface area (Å²) in [6, 6.07) is 0. The number of hydrogen-bond acceptors (Lipinski definition) is 6. The Bertz CT molecular complexity index is 566. The van der Waals surface area contributed by atoms with Gasteiger partial charge in [0.1, 0.15) is 6.61 Å². The molecule has 0 aromatic heterocycles. The monoisotopic (exact) mass is 336 g/mol. The molecule has 0 spiro atoms. The van der Waals surface area contributed by atoms with Gasteiger partial charge in [-0.05, 0) is 29.1 Å². The molecule has 6 heteroatoms. The van der Waals surface area contributed by atoms with Crippen molar-refractivity contribution in [3.05, 3.63) is 42.2 Å². The van der Waals surface area contributed by atoms with E-state index in [0.29, 0.717) is 5.57 Å². The second-order valence-electron chi connectivity index (χ2n) is 6.01. The molecule has 24 heavy (non-hydrogen) atoms. The molecule has 6 nitrogen and oxygen atoms in total. The van der Waals surface area contributed by atoms with Crippen LogP contribution in [0.25, 0.3) is 0 Å². The molecule has 0 bridgehead atoms. The lowest BCUT2D eigenvalue weighted by molar-refractivity contribution is -0.254. The second-order valence-corrected chi connectivity index (χ2v) is 6.01. The van der Waals surface area contributed by atoms with E-state index < -0.39 is 12.1 Å². The van der Waals surface area contributed by atoms with Gasteiger partial charge in [0, 0.05) is 5.92 Å². The third-order valence-electron chi connectivity index (χ3n) is 3.97. The highest BCUT2D eigenvalue weighted by Crippen LogP contribution is 2.50. The van der Waals surface area contributed by atoms with Gasteiger partial charge in [-0.15, -0.1) is 5.73 Å². The van der Waals surface area contributed by atoms with Crippen LogP contribution in [0, 0.1) is 11.3 Å². The maximum atomic E-state index is 11.3. The number of rotatable bonds is 8. The minimum atomic E-state index is -0.691. The molecular formula is C18H24O6. The van der Waals surface area contributed by atoms with Gasteiger partial charge in [0.05, 0.1) is 20.1 Å². The summed E-state index contributed by atoms with van der Waals surface area (Å²) in [5, 5.41) is 0. The molecule has 1 aliphatic rings. The maximum absolute atomic E-state index is 11.3. The Morgan fingerprint density at radius 2 is 2.08 bits per heavy atom. The molecule has 1 atom stereocenters. The maximum Gasteiger partial charge on any atom is 0.508 e. The van der Waals surface area contributed by atoms with E-state index in [-0.39, 0.29) is 31.0 Å². The Hall–Kier alpha value is -2.30. The SMILES string of the molecule is C=CCOC(=O)OCC1CC(=C=CC(=C)CC(=O)OOC)C1(C)C. The lowest BCUT2D eigenvalue weighted by atomic mass is 9.59. The fraction of sp³-hybridized carbons (Fsp3) is 0.500. The minimum Gasteiger partial charge on any atom is -0.434 e. The topological polar surface area (TPSA) is 71.1 Å². The van der Waals surface area contributed by atoms with E-state index in [1.165, 1.54) is 13.2 Å². The summed E-state index contributed by atoms with van der Waals surface area (Å²) < 4.78 is 9.85. The lowest BCUT2D eigenvalue weighted by Gasteiger charge is -2.45. The van der Waals surface area contributed by atoms with Gasteiger partial charge >= 0.3 is 12.1 Å². The fourth-order valence-electron chi connectivity index (χ4n) is 2.28. The molecule has 1 rings (SSSR count). The van der Waals surface area contributed by atoms with Crippen molar-refractivity contribution in [1.29, 1.82) is 0 Å². The third-order valence-corrected chi connectivity index (χ3v) is 3.97. The zero-order valence-corrected chi connectivity index (χ0v) is 14.4. The van der Waals surface area contributed by atoms with Crippen molar-refractivity contribution in [3.63, 3.8) is 0 Å². The van der Waals surface area contributed by atoms with Crippen LogP contribution in [0.4, 0.5) is 4.79 Å². The minimum absolute atomic E-state index is 0.0379. The van der Waals surface area contributed by atoms with Crippen molar-refractivity contribution in [2.75, 3.05) is 20.3 Å². The highest BCUT2D eigenvalue weighted by molar-refractivity contribution is 5.72. The van der Waals surface area contributed by atoms with Crippen LogP contribution in [-0.2, 0) is 24.0 Å². The molecule has 1 aliphatic carbocycles. The van der Waals surface area contributed by atoms with Crippen molar-refractivity contribution in [3.8, 4) is 0 Å². The molecule has 0 radical (unpaired) electrons. The van der Waals surface area contributed by atoms with Gasteiger partial charge in [-0.1, -0.05) is 33.1 Å². The van der Waals surface area contributed by atoms with E-state index >= 15 is 0 Å². The van der Waals surface area contributed by atoms with Gasteiger partial charge in [-0.2, -0.15) is 4.89 Å². The Morgan fingerprint density at radius 3 is 2.67 bits per heavy atom. The Kier molecular flexibility index (Phi) is 7.49. The van der Waals surface area contributed by atoms with Crippen molar-refractivity contribution in [1.82, 2.24) is 0 Å².